The Morgan fingerprint density at radius 2 is 1.88 bits per heavy atom. The maximum absolute atomic E-state index is 13.9. The van der Waals surface area contributed by atoms with Crippen LogP contribution in [0.25, 0.3) is 0 Å². The molecular weight excluding hydrogens is 213 g/mol. The van der Waals surface area contributed by atoms with Gasteiger partial charge in [0, 0.05) is 24.8 Å². The summed E-state index contributed by atoms with van der Waals surface area (Å²) in [6, 6.07) is 3.45. The Balaban J connectivity index is 2.98. The van der Waals surface area contributed by atoms with Crippen molar-refractivity contribution in [1.29, 1.82) is 0 Å². The fourth-order valence-electron chi connectivity index (χ4n) is 1.41. The molecule has 5 heteroatoms. The second-order valence-corrected chi connectivity index (χ2v) is 3.19. The number of hydrogen-bond acceptors (Lipinski definition) is 4. The lowest BCUT2D eigenvalue weighted by Crippen LogP contribution is -2.12. The van der Waals surface area contributed by atoms with Crippen LogP contribution in [0.4, 0.5) is 4.39 Å². The Bertz CT molecular complexity index is 344. The molecule has 0 saturated heterocycles. The molecule has 90 valence electrons. The molecule has 0 radical (unpaired) electrons. The first-order chi connectivity index (χ1) is 7.74. The Morgan fingerprint density at radius 3 is 2.44 bits per heavy atom. The van der Waals surface area contributed by atoms with Crippen molar-refractivity contribution in [2.45, 2.75) is 13.2 Å². The molecule has 1 rings (SSSR count). The van der Waals surface area contributed by atoms with Gasteiger partial charge in [-0.15, -0.1) is 0 Å². The third-order valence-electron chi connectivity index (χ3n) is 2.17. The van der Waals surface area contributed by atoms with Crippen molar-refractivity contribution in [3.05, 3.63) is 29.1 Å². The topological polar surface area (TPSA) is 39.7 Å². The lowest BCUT2D eigenvalue weighted by atomic mass is 10.1. The van der Waals surface area contributed by atoms with E-state index in [4.69, 9.17) is 14.3 Å². The summed E-state index contributed by atoms with van der Waals surface area (Å²) in [6.07, 6.45) is 0. The van der Waals surface area contributed by atoms with Crippen LogP contribution < -0.4 is 10.2 Å². The Hall–Kier alpha value is -1.17. The van der Waals surface area contributed by atoms with E-state index in [0.29, 0.717) is 17.7 Å². The molecule has 1 N–H and O–H groups in total. The van der Waals surface area contributed by atoms with Crippen LogP contribution in [0, 0.1) is 5.82 Å². The second-order valence-electron chi connectivity index (χ2n) is 3.19. The number of hydrogen-bond donors (Lipinski definition) is 1. The minimum absolute atomic E-state index is 0.221. The molecule has 0 atom stereocenters. The summed E-state index contributed by atoms with van der Waals surface area (Å²) in [6.45, 7) is 0.601. The molecule has 0 amide bonds. The summed E-state index contributed by atoms with van der Waals surface area (Å²) >= 11 is 0. The number of rotatable bonds is 6. The highest BCUT2D eigenvalue weighted by molar-refractivity contribution is 5.39. The zero-order valence-corrected chi connectivity index (χ0v) is 9.67. The minimum Gasteiger partial charge on any atom is -0.493 e. The van der Waals surface area contributed by atoms with Gasteiger partial charge in [0.1, 0.15) is 0 Å². The van der Waals surface area contributed by atoms with Crippen molar-refractivity contribution in [2.75, 3.05) is 21.3 Å². The SMILES string of the molecule is COCc1ccc(CNOC)c(OC)c1F. The lowest BCUT2D eigenvalue weighted by molar-refractivity contribution is 0.0859. The Morgan fingerprint density at radius 1 is 1.19 bits per heavy atom. The lowest BCUT2D eigenvalue weighted by Gasteiger charge is -2.12. The van der Waals surface area contributed by atoms with Crippen molar-refractivity contribution in [1.82, 2.24) is 5.48 Å². The maximum atomic E-state index is 13.9. The predicted octanol–water partition coefficient (Wildman–Crippen LogP) is 1.63. The first-order valence-electron chi connectivity index (χ1n) is 4.83. The summed E-state index contributed by atoms with van der Waals surface area (Å²) < 4.78 is 23.8. The fourth-order valence-corrected chi connectivity index (χ4v) is 1.41. The van der Waals surface area contributed by atoms with Gasteiger partial charge < -0.3 is 14.3 Å². The summed E-state index contributed by atoms with van der Waals surface area (Å²) in [7, 11) is 4.46. The normalized spacial score (nSPS) is 10.5. The molecular formula is C11H16FNO3. The second kappa shape index (κ2) is 6.42. The smallest absolute Gasteiger partial charge is 0.170 e. The molecule has 4 nitrogen and oxygen atoms in total. The summed E-state index contributed by atoms with van der Waals surface area (Å²) in [5.41, 5.74) is 3.81. The van der Waals surface area contributed by atoms with Crippen LogP contribution in [0.1, 0.15) is 11.1 Å². The molecule has 1 aromatic carbocycles. The number of halogens is 1. The predicted molar refractivity (Wildman–Crippen MR) is 57.5 cm³/mol. The molecule has 0 aromatic heterocycles. The van der Waals surface area contributed by atoms with Gasteiger partial charge in [-0.1, -0.05) is 12.1 Å². The maximum Gasteiger partial charge on any atom is 0.170 e. The summed E-state index contributed by atoms with van der Waals surface area (Å²) in [5.74, 6) is -0.168. The van der Waals surface area contributed by atoms with Gasteiger partial charge in [-0.25, -0.2) is 4.39 Å². The third-order valence-corrected chi connectivity index (χ3v) is 2.17. The van der Waals surface area contributed by atoms with Gasteiger partial charge in [-0.05, 0) is 0 Å². The van der Waals surface area contributed by atoms with Crippen molar-refractivity contribution < 1.29 is 18.7 Å². The number of methoxy groups -OCH3 is 2. The van der Waals surface area contributed by atoms with Crippen molar-refractivity contribution in [3.63, 3.8) is 0 Å². The third kappa shape index (κ3) is 2.91. The van der Waals surface area contributed by atoms with Gasteiger partial charge in [0.2, 0.25) is 0 Å². The Labute approximate surface area is 94.3 Å². The average molecular weight is 229 g/mol. The molecule has 0 bridgehead atoms. The van der Waals surface area contributed by atoms with Gasteiger partial charge in [0.25, 0.3) is 0 Å². The van der Waals surface area contributed by atoms with E-state index >= 15 is 0 Å². The average Bonchev–Trinajstić information content (AvgIpc) is 2.30. The van der Waals surface area contributed by atoms with Crippen LogP contribution in [0.2, 0.25) is 0 Å². The van der Waals surface area contributed by atoms with Crippen LogP contribution in [-0.4, -0.2) is 21.3 Å². The molecule has 0 spiro atoms. The minimum atomic E-state index is -0.389. The molecule has 0 unspecified atom stereocenters. The number of benzene rings is 1. The number of hydroxylamine groups is 1. The highest BCUT2D eigenvalue weighted by Crippen LogP contribution is 2.26. The van der Waals surface area contributed by atoms with Gasteiger partial charge in [-0.3, -0.25) is 0 Å². The van der Waals surface area contributed by atoms with Gasteiger partial charge in [-0.2, -0.15) is 5.48 Å². The van der Waals surface area contributed by atoms with Crippen LogP contribution in [-0.2, 0) is 22.7 Å². The van der Waals surface area contributed by atoms with E-state index in [0.717, 1.165) is 0 Å². The van der Waals surface area contributed by atoms with Crippen LogP contribution >= 0.6 is 0 Å². The standard InChI is InChI=1S/C11H16FNO3/c1-14-7-9-5-4-8(6-13-16-3)11(15-2)10(9)12/h4-5,13H,6-7H2,1-3H3. The quantitative estimate of drug-likeness (QED) is 0.753. The van der Waals surface area contributed by atoms with E-state index in [1.54, 1.807) is 12.1 Å². The van der Waals surface area contributed by atoms with Crippen molar-refractivity contribution in [3.8, 4) is 5.75 Å². The largest absolute Gasteiger partial charge is 0.493 e. The fraction of sp³-hybridized carbons (Fsp3) is 0.455. The monoisotopic (exact) mass is 229 g/mol. The number of nitrogens with one attached hydrogen (secondary N) is 1. The summed E-state index contributed by atoms with van der Waals surface area (Å²) in [4.78, 5) is 4.71. The number of ether oxygens (including phenoxy) is 2. The first kappa shape index (κ1) is 12.9. The van der Waals surface area contributed by atoms with Gasteiger partial charge in [0.15, 0.2) is 11.6 Å². The van der Waals surface area contributed by atoms with E-state index in [2.05, 4.69) is 5.48 Å². The molecule has 0 aliphatic heterocycles. The molecule has 0 fully saturated rings. The van der Waals surface area contributed by atoms with Gasteiger partial charge >= 0.3 is 0 Å². The molecule has 0 aliphatic carbocycles. The molecule has 0 saturated carbocycles. The van der Waals surface area contributed by atoms with Crippen LogP contribution in [0.15, 0.2) is 12.1 Å². The zero-order chi connectivity index (χ0) is 12.0. The van der Waals surface area contributed by atoms with E-state index in [9.17, 15) is 4.39 Å². The molecule has 16 heavy (non-hydrogen) atoms. The van der Waals surface area contributed by atoms with Gasteiger partial charge in [0.05, 0.1) is 20.8 Å². The summed E-state index contributed by atoms with van der Waals surface area (Å²) in [5, 5.41) is 0. The molecule has 0 heterocycles. The Kier molecular flexibility index (Phi) is 5.18. The highest BCUT2D eigenvalue weighted by atomic mass is 19.1. The molecule has 1 aromatic rings. The molecule has 0 aliphatic rings. The van der Waals surface area contributed by atoms with E-state index in [1.807, 2.05) is 0 Å². The van der Waals surface area contributed by atoms with Crippen LogP contribution in [0.5, 0.6) is 5.75 Å². The first-order valence-corrected chi connectivity index (χ1v) is 4.83. The zero-order valence-electron chi connectivity index (χ0n) is 9.67. The van der Waals surface area contributed by atoms with E-state index in [-0.39, 0.29) is 18.2 Å². The van der Waals surface area contributed by atoms with Crippen molar-refractivity contribution >= 4 is 0 Å². The van der Waals surface area contributed by atoms with Crippen LogP contribution in [0.3, 0.4) is 0 Å². The van der Waals surface area contributed by atoms with Crippen molar-refractivity contribution in [2.24, 2.45) is 0 Å². The van der Waals surface area contributed by atoms with E-state index < -0.39 is 0 Å². The van der Waals surface area contributed by atoms with E-state index in [1.165, 1.54) is 21.3 Å². The highest BCUT2D eigenvalue weighted by Gasteiger charge is 2.13.